The van der Waals surface area contributed by atoms with E-state index in [9.17, 15) is 9.90 Å². The van der Waals surface area contributed by atoms with E-state index < -0.39 is 5.97 Å². The third kappa shape index (κ3) is 2.13. The Bertz CT molecular complexity index is 567. The summed E-state index contributed by atoms with van der Waals surface area (Å²) in [5.74, 6) is -0.986. The molecule has 2 rings (SSSR count). The van der Waals surface area contributed by atoms with Crippen LogP contribution in [-0.4, -0.2) is 18.1 Å². The summed E-state index contributed by atoms with van der Waals surface area (Å²) >= 11 is 0. The minimum absolute atomic E-state index is 0.196. The molecule has 0 atom stereocenters. The molecule has 18 heavy (non-hydrogen) atoms. The fourth-order valence-electron chi connectivity index (χ4n) is 1.89. The maximum absolute atomic E-state index is 11.2. The second-order valence-electron chi connectivity index (χ2n) is 3.94. The number of para-hydroxylation sites is 2. The second kappa shape index (κ2) is 4.79. The van der Waals surface area contributed by atoms with E-state index in [2.05, 4.69) is 0 Å². The van der Waals surface area contributed by atoms with Crippen molar-refractivity contribution >= 4 is 23.0 Å². The van der Waals surface area contributed by atoms with Gasteiger partial charge in [-0.25, -0.2) is 4.79 Å². The number of aromatic carboxylic acids is 1. The van der Waals surface area contributed by atoms with Crippen LogP contribution in [0.3, 0.4) is 0 Å². The van der Waals surface area contributed by atoms with E-state index >= 15 is 0 Å². The number of carboxylic acids is 1. The number of carbonyl (C=O) groups is 1. The van der Waals surface area contributed by atoms with Gasteiger partial charge in [-0.1, -0.05) is 24.3 Å². The lowest BCUT2D eigenvalue weighted by Gasteiger charge is -2.23. The molecule has 92 valence electrons. The van der Waals surface area contributed by atoms with Crippen LogP contribution in [0.5, 0.6) is 0 Å². The Morgan fingerprint density at radius 1 is 1.11 bits per heavy atom. The third-order valence-electron chi connectivity index (χ3n) is 2.78. The molecular weight excluding hydrogens is 228 g/mol. The zero-order valence-electron chi connectivity index (χ0n) is 10.00. The average Bonchev–Trinajstić information content (AvgIpc) is 2.38. The molecule has 2 aromatic carbocycles. The molecule has 0 aliphatic carbocycles. The molecule has 4 heteroatoms. The predicted molar refractivity (Wildman–Crippen MR) is 72.3 cm³/mol. The van der Waals surface area contributed by atoms with Crippen molar-refractivity contribution < 1.29 is 9.90 Å². The second-order valence-corrected chi connectivity index (χ2v) is 3.94. The van der Waals surface area contributed by atoms with Gasteiger partial charge in [-0.05, 0) is 24.3 Å². The highest BCUT2D eigenvalue weighted by Crippen LogP contribution is 2.32. The summed E-state index contributed by atoms with van der Waals surface area (Å²) in [4.78, 5) is 13.0. The summed E-state index contributed by atoms with van der Waals surface area (Å²) in [6.07, 6.45) is 0. The molecule has 0 saturated carbocycles. The molecule has 0 saturated heterocycles. The molecule has 0 heterocycles. The first-order chi connectivity index (χ1) is 8.61. The molecule has 2 aromatic rings. The highest BCUT2D eigenvalue weighted by Gasteiger charge is 2.16. The Morgan fingerprint density at radius 2 is 1.78 bits per heavy atom. The van der Waals surface area contributed by atoms with Gasteiger partial charge in [0.1, 0.15) is 0 Å². The van der Waals surface area contributed by atoms with Crippen molar-refractivity contribution in [3.8, 4) is 0 Å². The van der Waals surface area contributed by atoms with Crippen LogP contribution >= 0.6 is 0 Å². The monoisotopic (exact) mass is 242 g/mol. The normalized spacial score (nSPS) is 10.1. The summed E-state index contributed by atoms with van der Waals surface area (Å²) in [6.45, 7) is 0. The quantitative estimate of drug-likeness (QED) is 0.812. The van der Waals surface area contributed by atoms with Crippen molar-refractivity contribution in [3.05, 3.63) is 54.1 Å². The molecule has 0 unspecified atom stereocenters. The average molecular weight is 242 g/mol. The minimum Gasteiger partial charge on any atom is -0.478 e. The Kier molecular flexibility index (Phi) is 3.19. The number of nitrogens with zero attached hydrogens (tertiary/aromatic N) is 1. The van der Waals surface area contributed by atoms with Crippen LogP contribution in [0.4, 0.5) is 17.1 Å². The molecule has 0 aliphatic rings. The van der Waals surface area contributed by atoms with Crippen molar-refractivity contribution in [1.82, 2.24) is 0 Å². The highest BCUT2D eigenvalue weighted by molar-refractivity contribution is 5.99. The number of benzene rings is 2. The largest absolute Gasteiger partial charge is 0.478 e. The van der Waals surface area contributed by atoms with Gasteiger partial charge in [0.15, 0.2) is 0 Å². The summed E-state index contributed by atoms with van der Waals surface area (Å²) in [5.41, 5.74) is 7.93. The first-order valence-corrected chi connectivity index (χ1v) is 5.52. The summed E-state index contributed by atoms with van der Waals surface area (Å²) in [7, 11) is 1.80. The van der Waals surface area contributed by atoms with Crippen molar-refractivity contribution in [2.75, 3.05) is 17.7 Å². The Morgan fingerprint density at radius 3 is 2.39 bits per heavy atom. The number of carboxylic acid groups (broad SMARTS) is 1. The molecular formula is C14H14N2O2. The summed E-state index contributed by atoms with van der Waals surface area (Å²) < 4.78 is 0. The van der Waals surface area contributed by atoms with Crippen molar-refractivity contribution in [1.29, 1.82) is 0 Å². The van der Waals surface area contributed by atoms with E-state index in [0.717, 1.165) is 5.69 Å². The molecule has 0 aliphatic heterocycles. The fraction of sp³-hybridized carbons (Fsp3) is 0.0714. The van der Waals surface area contributed by atoms with E-state index in [0.29, 0.717) is 11.4 Å². The van der Waals surface area contributed by atoms with Crippen LogP contribution in [0.25, 0.3) is 0 Å². The number of nitrogens with two attached hydrogens (primary N) is 1. The number of hydrogen-bond acceptors (Lipinski definition) is 3. The number of nitrogen functional groups attached to an aromatic ring is 1. The Balaban J connectivity index is 2.54. The van der Waals surface area contributed by atoms with E-state index in [1.54, 1.807) is 30.1 Å². The number of hydrogen-bond donors (Lipinski definition) is 2. The molecule has 0 fully saturated rings. The first kappa shape index (κ1) is 12.0. The maximum atomic E-state index is 11.2. The summed E-state index contributed by atoms with van der Waals surface area (Å²) in [6, 6.07) is 14.4. The molecule has 0 spiro atoms. The van der Waals surface area contributed by atoms with Crippen molar-refractivity contribution in [2.24, 2.45) is 0 Å². The summed E-state index contributed by atoms with van der Waals surface area (Å²) in [5, 5.41) is 9.20. The van der Waals surface area contributed by atoms with E-state index in [1.807, 2.05) is 30.3 Å². The molecule has 0 aromatic heterocycles. The van der Waals surface area contributed by atoms with Gasteiger partial charge >= 0.3 is 5.97 Å². The topological polar surface area (TPSA) is 66.6 Å². The van der Waals surface area contributed by atoms with Crippen LogP contribution in [0.1, 0.15) is 10.4 Å². The molecule has 4 nitrogen and oxygen atoms in total. The SMILES string of the molecule is CN(c1ccccc1)c1c(N)cccc1C(=O)O. The van der Waals surface area contributed by atoms with Gasteiger partial charge in [0.05, 0.1) is 16.9 Å². The van der Waals surface area contributed by atoms with Gasteiger partial charge in [-0.2, -0.15) is 0 Å². The van der Waals surface area contributed by atoms with E-state index in [1.165, 1.54) is 0 Å². The lowest BCUT2D eigenvalue weighted by molar-refractivity contribution is 0.0697. The van der Waals surface area contributed by atoms with Gasteiger partial charge in [-0.3, -0.25) is 0 Å². The molecule has 0 amide bonds. The van der Waals surface area contributed by atoms with Gasteiger partial charge in [-0.15, -0.1) is 0 Å². The number of anilines is 3. The third-order valence-corrected chi connectivity index (χ3v) is 2.78. The van der Waals surface area contributed by atoms with Gasteiger partial charge in [0.25, 0.3) is 0 Å². The van der Waals surface area contributed by atoms with Crippen LogP contribution in [0, 0.1) is 0 Å². The Labute approximate surface area is 105 Å². The van der Waals surface area contributed by atoms with E-state index in [-0.39, 0.29) is 5.56 Å². The number of rotatable bonds is 3. The van der Waals surface area contributed by atoms with E-state index in [4.69, 9.17) is 5.73 Å². The first-order valence-electron chi connectivity index (χ1n) is 5.52. The van der Waals surface area contributed by atoms with Crippen LogP contribution < -0.4 is 10.6 Å². The molecule has 0 radical (unpaired) electrons. The predicted octanol–water partition coefficient (Wildman–Crippen LogP) is 2.73. The van der Waals surface area contributed by atoms with Crippen LogP contribution in [0.2, 0.25) is 0 Å². The minimum atomic E-state index is -0.986. The smallest absolute Gasteiger partial charge is 0.337 e. The lowest BCUT2D eigenvalue weighted by Crippen LogP contribution is -2.16. The maximum Gasteiger partial charge on any atom is 0.337 e. The zero-order valence-corrected chi connectivity index (χ0v) is 10.00. The fourth-order valence-corrected chi connectivity index (χ4v) is 1.89. The highest BCUT2D eigenvalue weighted by atomic mass is 16.4. The molecule has 3 N–H and O–H groups in total. The van der Waals surface area contributed by atoms with Crippen molar-refractivity contribution in [2.45, 2.75) is 0 Å². The molecule has 0 bridgehead atoms. The van der Waals surface area contributed by atoms with Gasteiger partial charge < -0.3 is 15.7 Å². The Hall–Kier alpha value is -2.49. The zero-order chi connectivity index (χ0) is 13.1. The standard InChI is InChI=1S/C14H14N2O2/c1-16(10-6-3-2-4-7-10)13-11(14(17)18)8-5-9-12(13)15/h2-9H,15H2,1H3,(H,17,18). The van der Waals surface area contributed by atoms with Crippen LogP contribution in [-0.2, 0) is 0 Å². The van der Waals surface area contributed by atoms with Crippen LogP contribution in [0.15, 0.2) is 48.5 Å². The van der Waals surface area contributed by atoms with Crippen molar-refractivity contribution in [3.63, 3.8) is 0 Å². The van der Waals surface area contributed by atoms with Gasteiger partial charge in [0.2, 0.25) is 0 Å². The lowest BCUT2D eigenvalue weighted by atomic mass is 10.1. The van der Waals surface area contributed by atoms with Gasteiger partial charge in [0, 0.05) is 12.7 Å².